The van der Waals surface area contributed by atoms with Crippen LogP contribution in [-0.2, 0) is 26.1 Å². The molecular weight excluding hydrogens is 294 g/mol. The molecule has 0 bridgehead atoms. The molecule has 7 heteroatoms. The predicted octanol–water partition coefficient (Wildman–Crippen LogP) is 0.771. The summed E-state index contributed by atoms with van der Waals surface area (Å²) in [6.45, 7) is 2.63. The maximum Gasteiger partial charge on any atom is 0.243 e. The van der Waals surface area contributed by atoms with Crippen LogP contribution in [0.5, 0.6) is 0 Å². The van der Waals surface area contributed by atoms with E-state index in [0.29, 0.717) is 24.3 Å². The Bertz CT molecular complexity index is 536. The minimum atomic E-state index is -3.65. The Morgan fingerprint density at radius 1 is 1.14 bits per heavy atom. The summed E-state index contributed by atoms with van der Waals surface area (Å²) in [4.78, 5) is 0.209. The van der Waals surface area contributed by atoms with Gasteiger partial charge >= 0.3 is 0 Å². The molecule has 0 aliphatic rings. The van der Waals surface area contributed by atoms with E-state index in [1.54, 1.807) is 25.1 Å². The lowest BCUT2D eigenvalue weighted by molar-refractivity contribution is 0.150. The number of aliphatic hydroxyl groups excluding tert-OH is 1. The third-order valence-electron chi connectivity index (χ3n) is 3.27. The van der Waals surface area contributed by atoms with Gasteiger partial charge in [0, 0.05) is 27.3 Å². The van der Waals surface area contributed by atoms with E-state index in [0.717, 1.165) is 0 Å². The Morgan fingerprint density at radius 2 is 1.71 bits per heavy atom. The Labute approximate surface area is 126 Å². The van der Waals surface area contributed by atoms with Crippen molar-refractivity contribution >= 4 is 10.0 Å². The maximum absolute atomic E-state index is 12.8. The van der Waals surface area contributed by atoms with Gasteiger partial charge in [0.05, 0.1) is 24.7 Å². The predicted molar refractivity (Wildman–Crippen MR) is 79.6 cm³/mol. The van der Waals surface area contributed by atoms with Crippen LogP contribution in [0.4, 0.5) is 0 Å². The third kappa shape index (κ3) is 4.49. The number of methoxy groups -OCH3 is 2. The van der Waals surface area contributed by atoms with E-state index in [9.17, 15) is 13.5 Å². The summed E-state index contributed by atoms with van der Waals surface area (Å²) in [5, 5.41) is 9.28. The van der Waals surface area contributed by atoms with E-state index in [-0.39, 0.29) is 24.6 Å². The highest BCUT2D eigenvalue weighted by molar-refractivity contribution is 7.89. The molecule has 0 unspecified atom stereocenters. The average molecular weight is 317 g/mol. The standard InChI is InChI=1S/C14H23NO5S/c1-12-13(11-16)5-4-6-14(12)21(17,18)15(7-9-19-2)8-10-20-3/h4-6,16H,7-11H2,1-3H3. The fourth-order valence-corrected chi connectivity index (χ4v) is 3.66. The van der Waals surface area contributed by atoms with Crippen LogP contribution >= 0.6 is 0 Å². The van der Waals surface area contributed by atoms with Crippen molar-refractivity contribution in [3.05, 3.63) is 29.3 Å². The zero-order valence-electron chi connectivity index (χ0n) is 12.7. The van der Waals surface area contributed by atoms with Crippen molar-refractivity contribution in [3.8, 4) is 0 Å². The number of ether oxygens (including phenoxy) is 2. The number of hydrogen-bond donors (Lipinski definition) is 1. The van der Waals surface area contributed by atoms with Crippen LogP contribution < -0.4 is 0 Å². The van der Waals surface area contributed by atoms with Crippen molar-refractivity contribution in [1.29, 1.82) is 0 Å². The summed E-state index contributed by atoms with van der Waals surface area (Å²) in [5.74, 6) is 0. The molecular formula is C14H23NO5S. The summed E-state index contributed by atoms with van der Waals surface area (Å²) in [5.41, 5.74) is 1.18. The molecule has 0 radical (unpaired) electrons. The first-order valence-electron chi connectivity index (χ1n) is 6.66. The fourth-order valence-electron chi connectivity index (χ4n) is 1.99. The minimum Gasteiger partial charge on any atom is -0.392 e. The third-order valence-corrected chi connectivity index (χ3v) is 5.32. The molecule has 0 aliphatic carbocycles. The molecule has 1 rings (SSSR count). The Hall–Kier alpha value is -0.990. The summed E-state index contributed by atoms with van der Waals surface area (Å²) < 4.78 is 36.8. The molecule has 0 aromatic heterocycles. The number of benzene rings is 1. The summed E-state index contributed by atoms with van der Waals surface area (Å²) in [6.07, 6.45) is 0. The second kappa shape index (κ2) is 8.45. The molecule has 1 aromatic rings. The average Bonchev–Trinajstić information content (AvgIpc) is 2.47. The van der Waals surface area contributed by atoms with Crippen LogP contribution in [0.25, 0.3) is 0 Å². The van der Waals surface area contributed by atoms with Crippen LogP contribution in [0.3, 0.4) is 0 Å². The maximum atomic E-state index is 12.8. The lowest BCUT2D eigenvalue weighted by Gasteiger charge is -2.23. The van der Waals surface area contributed by atoms with Gasteiger partial charge in [0.25, 0.3) is 0 Å². The second-order valence-electron chi connectivity index (χ2n) is 4.59. The normalized spacial score (nSPS) is 12.0. The first kappa shape index (κ1) is 18.1. The van der Waals surface area contributed by atoms with Gasteiger partial charge in [-0.15, -0.1) is 0 Å². The van der Waals surface area contributed by atoms with Gasteiger partial charge in [0.15, 0.2) is 0 Å². The molecule has 0 saturated heterocycles. The van der Waals surface area contributed by atoms with Crippen LogP contribution in [0.2, 0.25) is 0 Å². The zero-order valence-corrected chi connectivity index (χ0v) is 13.5. The highest BCUT2D eigenvalue weighted by Gasteiger charge is 2.26. The summed E-state index contributed by atoms with van der Waals surface area (Å²) in [6, 6.07) is 4.90. The van der Waals surface area contributed by atoms with Gasteiger partial charge in [-0.05, 0) is 24.1 Å². The van der Waals surface area contributed by atoms with Crippen LogP contribution in [-0.4, -0.2) is 58.4 Å². The lowest BCUT2D eigenvalue weighted by Crippen LogP contribution is -2.36. The van der Waals surface area contributed by atoms with Gasteiger partial charge in [-0.25, -0.2) is 8.42 Å². The number of rotatable bonds is 9. The summed E-state index contributed by atoms with van der Waals surface area (Å²) in [7, 11) is -0.594. The molecule has 120 valence electrons. The largest absolute Gasteiger partial charge is 0.392 e. The van der Waals surface area contributed by atoms with Crippen molar-refractivity contribution in [3.63, 3.8) is 0 Å². The molecule has 0 aliphatic heterocycles. The Balaban J connectivity index is 3.15. The van der Waals surface area contributed by atoms with E-state index in [4.69, 9.17) is 9.47 Å². The summed E-state index contributed by atoms with van der Waals surface area (Å²) >= 11 is 0. The molecule has 1 aromatic carbocycles. The van der Waals surface area contributed by atoms with Crippen molar-refractivity contribution in [2.24, 2.45) is 0 Å². The first-order chi connectivity index (χ1) is 9.98. The van der Waals surface area contributed by atoms with E-state index in [1.807, 2.05) is 0 Å². The first-order valence-corrected chi connectivity index (χ1v) is 8.10. The minimum absolute atomic E-state index is 0.189. The van der Waals surface area contributed by atoms with E-state index in [2.05, 4.69) is 0 Å². The molecule has 1 N–H and O–H groups in total. The topological polar surface area (TPSA) is 76.1 Å². The van der Waals surface area contributed by atoms with Crippen molar-refractivity contribution in [1.82, 2.24) is 4.31 Å². The molecule has 0 saturated carbocycles. The van der Waals surface area contributed by atoms with Gasteiger partial charge < -0.3 is 14.6 Å². The van der Waals surface area contributed by atoms with Gasteiger partial charge in [0.2, 0.25) is 10.0 Å². The number of hydrogen-bond acceptors (Lipinski definition) is 5. The molecule has 0 spiro atoms. The van der Waals surface area contributed by atoms with E-state index in [1.165, 1.54) is 18.5 Å². The van der Waals surface area contributed by atoms with E-state index < -0.39 is 10.0 Å². The zero-order chi connectivity index (χ0) is 15.9. The smallest absolute Gasteiger partial charge is 0.243 e. The monoisotopic (exact) mass is 317 g/mol. The van der Waals surface area contributed by atoms with Crippen LogP contribution in [0.15, 0.2) is 23.1 Å². The van der Waals surface area contributed by atoms with Gasteiger partial charge in [-0.1, -0.05) is 12.1 Å². The molecule has 0 amide bonds. The van der Waals surface area contributed by atoms with Crippen molar-refractivity contribution in [2.75, 3.05) is 40.5 Å². The molecule has 0 heterocycles. The van der Waals surface area contributed by atoms with Crippen molar-refractivity contribution in [2.45, 2.75) is 18.4 Å². The lowest BCUT2D eigenvalue weighted by atomic mass is 10.1. The molecule has 0 fully saturated rings. The van der Waals surface area contributed by atoms with Gasteiger partial charge in [-0.3, -0.25) is 0 Å². The highest BCUT2D eigenvalue weighted by Crippen LogP contribution is 2.22. The van der Waals surface area contributed by atoms with E-state index >= 15 is 0 Å². The highest BCUT2D eigenvalue weighted by atomic mass is 32.2. The number of nitrogens with zero attached hydrogens (tertiary/aromatic N) is 1. The Kier molecular flexibility index (Phi) is 7.27. The Morgan fingerprint density at radius 3 is 2.19 bits per heavy atom. The van der Waals surface area contributed by atoms with Gasteiger partial charge in [0.1, 0.15) is 0 Å². The molecule has 21 heavy (non-hydrogen) atoms. The molecule has 0 atom stereocenters. The fraction of sp³-hybridized carbons (Fsp3) is 0.571. The SMILES string of the molecule is COCCN(CCOC)S(=O)(=O)c1cccc(CO)c1C. The van der Waals surface area contributed by atoms with Crippen molar-refractivity contribution < 1.29 is 23.0 Å². The quantitative estimate of drug-likeness (QED) is 0.728. The second-order valence-corrected chi connectivity index (χ2v) is 6.49. The molecule has 6 nitrogen and oxygen atoms in total. The number of aliphatic hydroxyl groups is 1. The van der Waals surface area contributed by atoms with Crippen LogP contribution in [0.1, 0.15) is 11.1 Å². The van der Waals surface area contributed by atoms with Crippen LogP contribution in [0, 0.1) is 6.92 Å². The number of sulfonamides is 1. The van der Waals surface area contributed by atoms with Gasteiger partial charge in [-0.2, -0.15) is 4.31 Å².